The summed E-state index contributed by atoms with van der Waals surface area (Å²) in [7, 11) is 0. The van der Waals surface area contributed by atoms with Gasteiger partial charge in [-0.25, -0.2) is 0 Å². The maximum atomic E-state index is 8.58. The second-order valence-corrected chi connectivity index (χ2v) is 14.1. The summed E-state index contributed by atoms with van der Waals surface area (Å²) < 4.78 is 86.0. The minimum atomic E-state index is -0.454. The third-order valence-corrected chi connectivity index (χ3v) is 11.0. The predicted molar refractivity (Wildman–Crippen MR) is 233 cm³/mol. The molecule has 2 heteroatoms. The van der Waals surface area contributed by atoms with Gasteiger partial charge in [0.25, 0.3) is 0 Å². The smallest absolute Gasteiger partial charge is 0.0629 e. The first kappa shape index (κ1) is 23.0. The van der Waals surface area contributed by atoms with Crippen LogP contribution in [0.5, 0.6) is 0 Å². The molecule has 10 aromatic rings. The van der Waals surface area contributed by atoms with Gasteiger partial charge >= 0.3 is 0 Å². The van der Waals surface area contributed by atoms with Gasteiger partial charge in [0.05, 0.1) is 19.4 Å². The Bertz CT molecular complexity index is 3320. The second kappa shape index (κ2) is 13.7. The Kier molecular flexibility index (Phi) is 5.83. The van der Waals surface area contributed by atoms with Crippen LogP contribution in [0.1, 0.15) is 13.7 Å². The van der Waals surface area contributed by atoms with Gasteiger partial charge in [-0.2, -0.15) is 0 Å². The van der Waals surface area contributed by atoms with Crippen molar-refractivity contribution >= 4 is 59.3 Å². The lowest BCUT2D eigenvalue weighted by Crippen LogP contribution is -2.10. The van der Waals surface area contributed by atoms with Crippen LogP contribution in [0, 0.1) is 0 Å². The van der Waals surface area contributed by atoms with Crippen LogP contribution in [-0.4, -0.2) is 0 Å². The molecular weight excluding hydrogens is 671 g/mol. The van der Waals surface area contributed by atoms with E-state index in [-0.39, 0.29) is 35.3 Å². The van der Waals surface area contributed by atoms with Crippen molar-refractivity contribution in [3.63, 3.8) is 0 Å². The molecule has 1 heterocycles. The largest absolute Gasteiger partial charge is 0.310 e. The average molecular weight is 716 g/mol. The summed E-state index contributed by atoms with van der Waals surface area (Å²) >= 11 is 1.80. The summed E-state index contributed by atoms with van der Waals surface area (Å²) in [6.07, 6.45) is 0. The van der Waals surface area contributed by atoms with E-state index in [0.717, 1.165) is 38.7 Å². The van der Waals surface area contributed by atoms with E-state index in [9.17, 15) is 0 Å². The molecule has 0 aliphatic rings. The van der Waals surface area contributed by atoms with E-state index in [1.807, 2.05) is 42.5 Å². The van der Waals surface area contributed by atoms with Crippen molar-refractivity contribution in [1.82, 2.24) is 0 Å². The molecule has 0 N–H and O–H groups in total. The Morgan fingerprint density at radius 2 is 0.852 bits per heavy atom. The number of rotatable bonds is 7. The van der Waals surface area contributed by atoms with Gasteiger partial charge in [0, 0.05) is 36.9 Å². The van der Waals surface area contributed by atoms with E-state index >= 15 is 0 Å². The standard InChI is InChI=1S/C52H35NS/c1-3-11-36(12-4-1)38-25-30-43(31-26-38)53(44-32-27-39(28-33-44)37-13-5-2-6-14-37)50-19-10-17-46-45(16-9-18-47(46)50)41-23-21-40(22-24-41)42-29-34-52-49(35-42)48-15-7-8-20-51(48)54-52/h1-35H/i1D,2D,3D,4D,5D,6D,11D,12D,13D,14D. The summed E-state index contributed by atoms with van der Waals surface area (Å²) in [6.45, 7) is 0. The Balaban J connectivity index is 1.08. The zero-order valence-corrected chi connectivity index (χ0v) is 29.6. The topological polar surface area (TPSA) is 3.24 Å². The molecule has 0 unspecified atom stereocenters. The number of anilines is 3. The molecule has 0 radical (unpaired) electrons. The highest BCUT2D eigenvalue weighted by Gasteiger charge is 2.17. The van der Waals surface area contributed by atoms with Crippen molar-refractivity contribution < 1.29 is 13.7 Å². The second-order valence-electron chi connectivity index (χ2n) is 13.0. The SMILES string of the molecule is [2H]c1c([2H])c([2H])c(-c2ccc(N(c3ccc(-c4c([2H])c([2H])c([2H])c([2H])c4[2H])cc3)c3cccc4c(-c5ccc(-c6ccc7sc8ccccc8c7c6)cc5)cccc34)cc2)c([2H])c1[2H]. The lowest BCUT2D eigenvalue weighted by Gasteiger charge is -2.27. The molecule has 0 aliphatic carbocycles. The third kappa shape index (κ3) is 5.84. The van der Waals surface area contributed by atoms with Crippen molar-refractivity contribution in [3.8, 4) is 44.5 Å². The number of nitrogens with zero attached hydrogens (tertiary/aromatic N) is 1. The van der Waals surface area contributed by atoms with Gasteiger partial charge in [-0.15, -0.1) is 11.3 Å². The fraction of sp³-hybridized carbons (Fsp3) is 0. The zero-order valence-electron chi connectivity index (χ0n) is 38.8. The van der Waals surface area contributed by atoms with E-state index in [2.05, 4.69) is 89.8 Å². The number of benzene rings is 9. The highest BCUT2D eigenvalue weighted by molar-refractivity contribution is 7.25. The van der Waals surface area contributed by atoms with E-state index in [1.54, 1.807) is 35.6 Å². The monoisotopic (exact) mass is 715 g/mol. The van der Waals surface area contributed by atoms with Crippen LogP contribution in [0.3, 0.4) is 0 Å². The molecule has 1 aromatic heterocycles. The van der Waals surface area contributed by atoms with Gasteiger partial charge < -0.3 is 4.90 Å². The van der Waals surface area contributed by atoms with Crippen LogP contribution in [0.15, 0.2) is 212 Å². The number of hydrogen-bond acceptors (Lipinski definition) is 2. The van der Waals surface area contributed by atoms with E-state index in [4.69, 9.17) is 13.7 Å². The van der Waals surface area contributed by atoms with Crippen LogP contribution in [0.25, 0.3) is 75.5 Å². The predicted octanol–water partition coefficient (Wildman–Crippen LogP) is 15.3. The molecule has 0 amide bonds. The lowest BCUT2D eigenvalue weighted by atomic mass is 9.94. The first-order valence-electron chi connectivity index (χ1n) is 22.6. The van der Waals surface area contributed by atoms with Gasteiger partial charge in [-0.05, 0) is 98.4 Å². The quantitative estimate of drug-likeness (QED) is 0.159. The molecule has 54 heavy (non-hydrogen) atoms. The van der Waals surface area contributed by atoms with Crippen LogP contribution in [0.2, 0.25) is 0 Å². The first-order valence-corrected chi connectivity index (χ1v) is 18.4. The zero-order chi connectivity index (χ0) is 44.6. The molecule has 0 fully saturated rings. The van der Waals surface area contributed by atoms with Gasteiger partial charge in [0.1, 0.15) is 0 Å². The average Bonchev–Trinajstić information content (AvgIpc) is 3.70. The van der Waals surface area contributed by atoms with Crippen molar-refractivity contribution in [3.05, 3.63) is 212 Å². The first-order chi connectivity index (χ1) is 30.9. The summed E-state index contributed by atoms with van der Waals surface area (Å²) in [6, 6.07) is 46.8. The van der Waals surface area contributed by atoms with E-state index in [0.29, 0.717) is 22.5 Å². The molecule has 0 saturated heterocycles. The molecule has 254 valence electrons. The lowest BCUT2D eigenvalue weighted by molar-refractivity contribution is 1.30. The summed E-state index contributed by atoms with van der Waals surface area (Å²) in [5.74, 6) is 0. The van der Waals surface area contributed by atoms with Crippen LogP contribution in [-0.2, 0) is 0 Å². The number of thiophene rings is 1. The Morgan fingerprint density at radius 3 is 1.52 bits per heavy atom. The number of fused-ring (bicyclic) bond motifs is 4. The van der Waals surface area contributed by atoms with Gasteiger partial charge in [-0.3, -0.25) is 0 Å². The summed E-state index contributed by atoms with van der Waals surface area (Å²) in [5.41, 5.74) is 7.74. The van der Waals surface area contributed by atoms with E-state index in [1.165, 1.54) is 20.2 Å². The Morgan fingerprint density at radius 1 is 0.352 bits per heavy atom. The number of hydrogen-bond donors (Lipinski definition) is 0. The van der Waals surface area contributed by atoms with Crippen LogP contribution in [0.4, 0.5) is 17.1 Å². The molecule has 0 spiro atoms. The molecule has 10 rings (SSSR count). The Labute approximate surface area is 333 Å². The molecular formula is C52H35NS. The maximum absolute atomic E-state index is 8.58. The van der Waals surface area contributed by atoms with Crippen LogP contribution < -0.4 is 4.90 Å². The van der Waals surface area contributed by atoms with Crippen molar-refractivity contribution in [2.24, 2.45) is 0 Å². The molecule has 1 nitrogen and oxygen atoms in total. The highest BCUT2D eigenvalue weighted by Crippen LogP contribution is 2.43. The molecule has 0 bridgehead atoms. The molecule has 0 atom stereocenters. The van der Waals surface area contributed by atoms with Crippen molar-refractivity contribution in [2.45, 2.75) is 0 Å². The van der Waals surface area contributed by atoms with Gasteiger partial charge in [0.15, 0.2) is 0 Å². The summed E-state index contributed by atoms with van der Waals surface area (Å²) in [5, 5.41) is 4.47. The van der Waals surface area contributed by atoms with Gasteiger partial charge in [0.2, 0.25) is 0 Å². The molecule has 9 aromatic carbocycles. The summed E-state index contributed by atoms with van der Waals surface area (Å²) in [4.78, 5) is 2.05. The molecule has 0 aliphatic heterocycles. The maximum Gasteiger partial charge on any atom is 0.0629 e. The third-order valence-electron chi connectivity index (χ3n) is 9.87. The van der Waals surface area contributed by atoms with Crippen molar-refractivity contribution in [2.75, 3.05) is 4.90 Å². The fourth-order valence-corrected chi connectivity index (χ4v) is 8.34. The highest BCUT2D eigenvalue weighted by atomic mass is 32.1. The minimum Gasteiger partial charge on any atom is -0.310 e. The fourth-order valence-electron chi connectivity index (χ4n) is 7.26. The van der Waals surface area contributed by atoms with Gasteiger partial charge in [-0.1, -0.05) is 164 Å². The van der Waals surface area contributed by atoms with Crippen LogP contribution >= 0.6 is 11.3 Å². The normalized spacial score (nSPS) is 13.9. The van der Waals surface area contributed by atoms with Crippen molar-refractivity contribution in [1.29, 1.82) is 0 Å². The minimum absolute atomic E-state index is 0.105. The Hall–Kier alpha value is -6.74. The molecule has 0 saturated carbocycles. The van der Waals surface area contributed by atoms with E-state index < -0.39 is 36.3 Å².